The van der Waals surface area contributed by atoms with Crippen LogP contribution in [0.2, 0.25) is 0 Å². The van der Waals surface area contributed by atoms with Crippen molar-refractivity contribution in [1.82, 2.24) is 4.90 Å². The van der Waals surface area contributed by atoms with Crippen molar-refractivity contribution >= 4 is 0 Å². The van der Waals surface area contributed by atoms with E-state index in [-0.39, 0.29) is 11.6 Å². The highest BCUT2D eigenvalue weighted by Gasteiger charge is 2.43. The van der Waals surface area contributed by atoms with Gasteiger partial charge in [-0.2, -0.15) is 0 Å². The summed E-state index contributed by atoms with van der Waals surface area (Å²) in [5, 5.41) is 0. The van der Waals surface area contributed by atoms with Crippen LogP contribution in [0.1, 0.15) is 51.6 Å². The maximum Gasteiger partial charge on any atom is 0.124 e. The number of ether oxygens (including phenoxy) is 1. The van der Waals surface area contributed by atoms with Crippen molar-refractivity contribution in [1.29, 1.82) is 0 Å². The molecule has 0 saturated carbocycles. The minimum absolute atomic E-state index is 0.0547. The van der Waals surface area contributed by atoms with Crippen molar-refractivity contribution in [3.05, 3.63) is 29.8 Å². The normalized spacial score (nSPS) is 32.3. The zero-order chi connectivity index (χ0) is 15.0. The minimum atomic E-state index is -0.217. The van der Waals surface area contributed by atoms with Crippen molar-refractivity contribution in [2.24, 2.45) is 11.7 Å². The second-order valence-corrected chi connectivity index (χ2v) is 7.22. The van der Waals surface area contributed by atoms with E-state index in [2.05, 4.69) is 37.8 Å². The van der Waals surface area contributed by atoms with Crippen LogP contribution in [0.15, 0.2) is 24.3 Å². The molecule has 3 heteroatoms. The second-order valence-electron chi connectivity index (χ2n) is 7.22. The van der Waals surface area contributed by atoms with Crippen molar-refractivity contribution in [3.63, 3.8) is 0 Å². The fourth-order valence-electron chi connectivity index (χ4n) is 3.87. The average Bonchev–Trinajstić information content (AvgIpc) is 2.45. The van der Waals surface area contributed by atoms with Crippen LogP contribution in [-0.2, 0) is 0 Å². The van der Waals surface area contributed by atoms with E-state index in [1.54, 1.807) is 0 Å². The van der Waals surface area contributed by atoms with Crippen LogP contribution in [0.25, 0.3) is 0 Å². The Bertz CT molecular complexity index is 500. The molecule has 0 radical (unpaired) electrons. The molecule has 0 aliphatic carbocycles. The van der Waals surface area contributed by atoms with E-state index in [1.165, 1.54) is 25.8 Å². The number of likely N-dealkylation sites (tertiary alicyclic amines) is 1. The van der Waals surface area contributed by atoms with Gasteiger partial charge < -0.3 is 15.4 Å². The maximum atomic E-state index is 6.62. The van der Waals surface area contributed by atoms with Crippen LogP contribution in [0, 0.1) is 5.92 Å². The molecule has 3 atom stereocenters. The van der Waals surface area contributed by atoms with E-state index >= 15 is 0 Å². The molecule has 1 saturated heterocycles. The largest absolute Gasteiger partial charge is 0.487 e. The van der Waals surface area contributed by atoms with Gasteiger partial charge in [-0.25, -0.2) is 0 Å². The molecule has 3 nitrogen and oxygen atoms in total. The molecule has 0 spiro atoms. The number of hydrogen-bond acceptors (Lipinski definition) is 3. The number of para-hydroxylation sites is 1. The Morgan fingerprint density at radius 1 is 1.29 bits per heavy atom. The van der Waals surface area contributed by atoms with Crippen LogP contribution in [0.5, 0.6) is 5.75 Å². The summed E-state index contributed by atoms with van der Waals surface area (Å²) in [4.78, 5) is 2.60. The number of fused-ring (bicyclic) bond motifs is 1. The Labute approximate surface area is 128 Å². The summed E-state index contributed by atoms with van der Waals surface area (Å²) in [7, 11) is 0. The number of rotatable bonds is 2. The quantitative estimate of drug-likeness (QED) is 0.907. The van der Waals surface area contributed by atoms with Crippen molar-refractivity contribution in [3.8, 4) is 5.75 Å². The second kappa shape index (κ2) is 5.62. The van der Waals surface area contributed by atoms with Crippen LogP contribution >= 0.6 is 0 Å². The first-order chi connectivity index (χ1) is 9.99. The SMILES string of the molecule is CC1CCCCN1CC1C(N)c2ccccc2OC1(C)C. The molecule has 0 amide bonds. The summed E-state index contributed by atoms with van der Waals surface area (Å²) in [5.74, 6) is 1.28. The molecule has 116 valence electrons. The average molecular weight is 288 g/mol. The molecule has 0 aromatic heterocycles. The first-order valence-corrected chi connectivity index (χ1v) is 8.26. The molecule has 2 aliphatic heterocycles. The van der Waals surface area contributed by atoms with Gasteiger partial charge in [-0.3, -0.25) is 0 Å². The lowest BCUT2D eigenvalue weighted by Crippen LogP contribution is -2.53. The van der Waals surface area contributed by atoms with Crippen LogP contribution in [0.3, 0.4) is 0 Å². The van der Waals surface area contributed by atoms with E-state index in [9.17, 15) is 0 Å². The van der Waals surface area contributed by atoms with Crippen LogP contribution < -0.4 is 10.5 Å². The zero-order valence-electron chi connectivity index (χ0n) is 13.5. The van der Waals surface area contributed by atoms with E-state index < -0.39 is 0 Å². The van der Waals surface area contributed by atoms with E-state index in [0.29, 0.717) is 12.0 Å². The monoisotopic (exact) mass is 288 g/mol. The number of nitrogens with two attached hydrogens (primary N) is 1. The van der Waals surface area contributed by atoms with Gasteiger partial charge in [0.15, 0.2) is 0 Å². The molecule has 2 N–H and O–H groups in total. The third-order valence-electron chi connectivity index (χ3n) is 5.35. The highest BCUT2D eigenvalue weighted by atomic mass is 16.5. The number of hydrogen-bond donors (Lipinski definition) is 1. The molecule has 3 rings (SSSR count). The third kappa shape index (κ3) is 2.82. The lowest BCUT2D eigenvalue weighted by atomic mass is 9.78. The molecule has 21 heavy (non-hydrogen) atoms. The molecule has 2 aliphatic rings. The Hall–Kier alpha value is -1.06. The van der Waals surface area contributed by atoms with Gasteiger partial charge in [0.1, 0.15) is 11.4 Å². The highest BCUT2D eigenvalue weighted by Crippen LogP contribution is 2.43. The first kappa shape index (κ1) is 14.9. The Morgan fingerprint density at radius 3 is 2.81 bits per heavy atom. The Balaban J connectivity index is 1.83. The lowest BCUT2D eigenvalue weighted by Gasteiger charge is -2.47. The molecular formula is C18H28N2O. The topological polar surface area (TPSA) is 38.5 Å². The summed E-state index contributed by atoms with van der Waals surface area (Å²) in [6.07, 6.45) is 3.97. The molecule has 2 heterocycles. The van der Waals surface area contributed by atoms with Gasteiger partial charge in [0, 0.05) is 30.1 Å². The van der Waals surface area contributed by atoms with Gasteiger partial charge in [-0.15, -0.1) is 0 Å². The van der Waals surface area contributed by atoms with Gasteiger partial charge in [-0.05, 0) is 46.2 Å². The predicted molar refractivity (Wildman–Crippen MR) is 86.5 cm³/mol. The van der Waals surface area contributed by atoms with E-state index in [4.69, 9.17) is 10.5 Å². The van der Waals surface area contributed by atoms with Gasteiger partial charge in [0.2, 0.25) is 0 Å². The van der Waals surface area contributed by atoms with E-state index in [0.717, 1.165) is 17.9 Å². The zero-order valence-corrected chi connectivity index (χ0v) is 13.5. The van der Waals surface area contributed by atoms with Gasteiger partial charge in [-0.1, -0.05) is 24.6 Å². The van der Waals surface area contributed by atoms with Crippen molar-refractivity contribution in [2.75, 3.05) is 13.1 Å². The summed E-state index contributed by atoms with van der Waals surface area (Å²) in [6, 6.07) is 8.95. The molecule has 1 fully saturated rings. The Kier molecular flexibility index (Phi) is 3.98. The fourth-order valence-corrected chi connectivity index (χ4v) is 3.87. The minimum Gasteiger partial charge on any atom is -0.487 e. The summed E-state index contributed by atoms with van der Waals surface area (Å²) in [5.41, 5.74) is 7.56. The Morgan fingerprint density at radius 2 is 2.05 bits per heavy atom. The lowest BCUT2D eigenvalue weighted by molar-refractivity contribution is -0.0165. The molecular weight excluding hydrogens is 260 g/mol. The number of nitrogens with zero attached hydrogens (tertiary/aromatic N) is 1. The predicted octanol–water partition coefficient (Wildman–Crippen LogP) is 3.35. The first-order valence-electron chi connectivity index (χ1n) is 8.26. The summed E-state index contributed by atoms with van der Waals surface area (Å²) in [6.45, 7) is 8.94. The standard InChI is InChI=1S/C18H28N2O/c1-13-8-6-7-11-20(13)12-15-17(19)14-9-4-5-10-16(14)21-18(15,2)3/h4-5,9-10,13,15,17H,6-8,11-12,19H2,1-3H3. The van der Waals surface area contributed by atoms with Crippen molar-refractivity contribution < 1.29 is 4.74 Å². The molecule has 3 unspecified atom stereocenters. The summed E-state index contributed by atoms with van der Waals surface area (Å²) < 4.78 is 6.27. The van der Waals surface area contributed by atoms with Gasteiger partial charge >= 0.3 is 0 Å². The van der Waals surface area contributed by atoms with Gasteiger partial charge in [0.05, 0.1) is 0 Å². The third-order valence-corrected chi connectivity index (χ3v) is 5.35. The molecule has 1 aromatic carbocycles. The number of benzene rings is 1. The van der Waals surface area contributed by atoms with E-state index in [1.807, 2.05) is 12.1 Å². The maximum absolute atomic E-state index is 6.62. The summed E-state index contributed by atoms with van der Waals surface area (Å²) >= 11 is 0. The van der Waals surface area contributed by atoms with Crippen LogP contribution in [-0.4, -0.2) is 29.6 Å². The highest BCUT2D eigenvalue weighted by molar-refractivity contribution is 5.39. The fraction of sp³-hybridized carbons (Fsp3) is 0.667. The van der Waals surface area contributed by atoms with Gasteiger partial charge in [0.25, 0.3) is 0 Å². The molecule has 1 aromatic rings. The van der Waals surface area contributed by atoms with Crippen LogP contribution in [0.4, 0.5) is 0 Å². The van der Waals surface area contributed by atoms with Crippen molar-refractivity contribution in [2.45, 2.75) is 57.7 Å². The smallest absolute Gasteiger partial charge is 0.124 e. The number of piperidine rings is 1. The molecule has 0 bridgehead atoms.